The predicted octanol–water partition coefficient (Wildman–Crippen LogP) is 3.11. The van der Waals surface area contributed by atoms with E-state index in [9.17, 15) is 9.00 Å². The second kappa shape index (κ2) is 5.90. The van der Waals surface area contributed by atoms with Crippen LogP contribution in [-0.2, 0) is 16.6 Å². The lowest BCUT2D eigenvalue weighted by molar-refractivity contribution is 0.0695. The van der Waals surface area contributed by atoms with Crippen molar-refractivity contribution in [2.24, 2.45) is 5.92 Å². The second-order valence-electron chi connectivity index (χ2n) is 5.41. The van der Waals surface area contributed by atoms with E-state index in [0.29, 0.717) is 23.2 Å². The highest BCUT2D eigenvalue weighted by Gasteiger charge is 2.25. The number of hydrogen-bond acceptors (Lipinski definition) is 3. The topological polar surface area (TPSA) is 67.5 Å². The minimum atomic E-state index is -0.996. The van der Waals surface area contributed by atoms with Crippen LogP contribution in [0.5, 0.6) is 0 Å². The minimum Gasteiger partial charge on any atom is -0.478 e. The molecule has 1 fully saturated rings. The van der Waals surface area contributed by atoms with Crippen molar-refractivity contribution in [3.63, 3.8) is 0 Å². The summed E-state index contributed by atoms with van der Waals surface area (Å²) in [7, 11) is -0.973. The number of rotatable bonds is 4. The van der Waals surface area contributed by atoms with Crippen LogP contribution in [-0.4, -0.2) is 20.5 Å². The van der Waals surface area contributed by atoms with Crippen LogP contribution < -0.4 is 0 Å². The molecule has 0 aliphatic heterocycles. The Morgan fingerprint density at radius 2 is 2.26 bits per heavy atom. The van der Waals surface area contributed by atoms with E-state index < -0.39 is 16.8 Å². The third-order valence-corrected chi connectivity index (χ3v) is 5.48. The highest BCUT2D eigenvalue weighted by atomic mass is 32.2. The first-order chi connectivity index (χ1) is 8.97. The summed E-state index contributed by atoms with van der Waals surface area (Å²) in [4.78, 5) is 10.9. The van der Waals surface area contributed by atoms with Crippen LogP contribution in [0.25, 0.3) is 0 Å². The summed E-state index contributed by atoms with van der Waals surface area (Å²) in [5.74, 6) is 0.870. The van der Waals surface area contributed by atoms with Crippen LogP contribution in [0.15, 0.2) is 10.5 Å². The van der Waals surface area contributed by atoms with Gasteiger partial charge in [0.05, 0.1) is 5.75 Å². The molecule has 1 heterocycles. The Balaban J connectivity index is 2.02. The van der Waals surface area contributed by atoms with E-state index in [4.69, 9.17) is 9.52 Å². The fourth-order valence-corrected chi connectivity index (χ4v) is 4.33. The molecule has 0 saturated heterocycles. The zero-order chi connectivity index (χ0) is 14.0. The van der Waals surface area contributed by atoms with E-state index in [2.05, 4.69) is 6.92 Å². The zero-order valence-electron chi connectivity index (χ0n) is 11.3. The number of carbonyl (C=O) groups is 1. The van der Waals surface area contributed by atoms with E-state index in [0.717, 1.165) is 19.3 Å². The van der Waals surface area contributed by atoms with Crippen LogP contribution in [0.2, 0.25) is 0 Å². The molecule has 2 rings (SSSR count). The molecule has 1 aliphatic rings. The molecule has 0 spiro atoms. The molecule has 1 aromatic heterocycles. The van der Waals surface area contributed by atoms with Gasteiger partial charge in [-0.2, -0.15) is 0 Å². The van der Waals surface area contributed by atoms with Gasteiger partial charge in [0, 0.05) is 16.0 Å². The van der Waals surface area contributed by atoms with Crippen molar-refractivity contribution < 1.29 is 18.5 Å². The summed E-state index contributed by atoms with van der Waals surface area (Å²) in [6, 6.07) is 1.50. The van der Waals surface area contributed by atoms with Crippen molar-refractivity contribution in [2.45, 2.75) is 50.5 Å². The predicted molar refractivity (Wildman–Crippen MR) is 73.7 cm³/mol. The molecule has 1 aromatic rings. The second-order valence-corrected chi connectivity index (χ2v) is 7.12. The summed E-state index contributed by atoms with van der Waals surface area (Å²) in [5, 5.41) is 9.19. The summed E-state index contributed by atoms with van der Waals surface area (Å²) in [6.45, 7) is 3.82. The monoisotopic (exact) mass is 284 g/mol. The fourth-order valence-electron chi connectivity index (χ4n) is 2.70. The number of furan rings is 1. The molecule has 1 N–H and O–H groups in total. The van der Waals surface area contributed by atoms with Crippen LogP contribution in [0.3, 0.4) is 0 Å². The third kappa shape index (κ3) is 3.47. The maximum absolute atomic E-state index is 12.3. The molecule has 5 heteroatoms. The van der Waals surface area contributed by atoms with Gasteiger partial charge in [0.15, 0.2) is 0 Å². The van der Waals surface area contributed by atoms with Gasteiger partial charge in [0.25, 0.3) is 0 Å². The molecule has 3 unspecified atom stereocenters. The number of carboxylic acids is 1. The SMILES string of the molecule is Cc1oc(CS(=O)C2CCCC(C)C2)cc1C(=O)O. The lowest BCUT2D eigenvalue weighted by atomic mass is 9.91. The van der Waals surface area contributed by atoms with Crippen molar-refractivity contribution in [1.29, 1.82) is 0 Å². The molecular formula is C14H20O4S. The normalized spacial score (nSPS) is 25.2. The first-order valence-corrected chi connectivity index (χ1v) is 8.05. The molecule has 106 valence electrons. The van der Waals surface area contributed by atoms with E-state index in [1.807, 2.05) is 0 Å². The highest BCUT2D eigenvalue weighted by Crippen LogP contribution is 2.28. The molecular weight excluding hydrogens is 264 g/mol. The molecule has 1 saturated carbocycles. The van der Waals surface area contributed by atoms with Crippen molar-refractivity contribution in [3.8, 4) is 0 Å². The minimum absolute atomic E-state index is 0.170. The fraction of sp³-hybridized carbons (Fsp3) is 0.643. The van der Waals surface area contributed by atoms with Gasteiger partial charge < -0.3 is 9.52 Å². The zero-order valence-corrected chi connectivity index (χ0v) is 12.2. The standard InChI is InChI=1S/C14H20O4S/c1-9-4-3-5-12(6-9)19(17)8-11-7-13(14(15)16)10(2)18-11/h7,9,12H,3-6,8H2,1-2H3,(H,15,16). The molecule has 0 bridgehead atoms. The van der Waals surface area contributed by atoms with Crippen LogP contribution in [0, 0.1) is 12.8 Å². The molecule has 1 aliphatic carbocycles. The Hall–Kier alpha value is -1.10. The summed E-state index contributed by atoms with van der Waals surface area (Å²) < 4.78 is 17.7. The van der Waals surface area contributed by atoms with Gasteiger partial charge in [-0.1, -0.05) is 19.8 Å². The summed E-state index contributed by atoms with van der Waals surface area (Å²) in [6.07, 6.45) is 4.35. The van der Waals surface area contributed by atoms with Crippen molar-refractivity contribution in [2.75, 3.05) is 0 Å². The number of carboxylic acid groups (broad SMARTS) is 1. The van der Waals surface area contributed by atoms with Crippen LogP contribution >= 0.6 is 0 Å². The summed E-state index contributed by atoms with van der Waals surface area (Å²) in [5.41, 5.74) is 0.170. The third-order valence-electron chi connectivity index (χ3n) is 3.74. The van der Waals surface area contributed by atoms with Gasteiger partial charge >= 0.3 is 5.97 Å². The van der Waals surface area contributed by atoms with Gasteiger partial charge in [-0.25, -0.2) is 4.79 Å². The molecule has 0 radical (unpaired) electrons. The van der Waals surface area contributed by atoms with E-state index in [1.165, 1.54) is 12.5 Å². The lowest BCUT2D eigenvalue weighted by Crippen LogP contribution is -2.23. The average Bonchev–Trinajstić information content (AvgIpc) is 2.70. The number of aryl methyl sites for hydroxylation is 1. The number of aromatic carboxylic acids is 1. The highest BCUT2D eigenvalue weighted by molar-refractivity contribution is 7.84. The Morgan fingerprint density at radius 1 is 1.53 bits per heavy atom. The van der Waals surface area contributed by atoms with Crippen LogP contribution in [0.4, 0.5) is 0 Å². The molecule has 4 nitrogen and oxygen atoms in total. The summed E-state index contributed by atoms with van der Waals surface area (Å²) >= 11 is 0. The first-order valence-electron chi connectivity index (χ1n) is 6.67. The lowest BCUT2D eigenvalue weighted by Gasteiger charge is -2.25. The average molecular weight is 284 g/mol. The Labute approximate surface area is 115 Å². The van der Waals surface area contributed by atoms with Gasteiger partial charge in [-0.3, -0.25) is 4.21 Å². The molecule has 0 amide bonds. The molecule has 3 atom stereocenters. The van der Waals surface area contributed by atoms with Crippen molar-refractivity contribution in [3.05, 3.63) is 23.2 Å². The number of hydrogen-bond donors (Lipinski definition) is 1. The van der Waals surface area contributed by atoms with E-state index in [1.54, 1.807) is 6.92 Å². The Morgan fingerprint density at radius 3 is 2.84 bits per heavy atom. The van der Waals surface area contributed by atoms with Crippen molar-refractivity contribution in [1.82, 2.24) is 0 Å². The largest absolute Gasteiger partial charge is 0.478 e. The van der Waals surface area contributed by atoms with Crippen molar-refractivity contribution >= 4 is 16.8 Å². The Bertz CT molecular complexity index is 492. The maximum Gasteiger partial charge on any atom is 0.339 e. The van der Waals surface area contributed by atoms with Gasteiger partial charge in [-0.05, 0) is 31.7 Å². The maximum atomic E-state index is 12.3. The smallest absolute Gasteiger partial charge is 0.339 e. The van der Waals surface area contributed by atoms with Gasteiger partial charge in [-0.15, -0.1) is 0 Å². The van der Waals surface area contributed by atoms with E-state index >= 15 is 0 Å². The van der Waals surface area contributed by atoms with E-state index in [-0.39, 0.29) is 10.8 Å². The van der Waals surface area contributed by atoms with Gasteiger partial charge in [0.1, 0.15) is 17.1 Å². The Kier molecular flexibility index (Phi) is 4.45. The first kappa shape index (κ1) is 14.3. The molecule has 19 heavy (non-hydrogen) atoms. The van der Waals surface area contributed by atoms with Gasteiger partial charge in [0.2, 0.25) is 0 Å². The molecule has 0 aromatic carbocycles. The van der Waals surface area contributed by atoms with Crippen LogP contribution in [0.1, 0.15) is 54.5 Å². The quantitative estimate of drug-likeness (QED) is 0.922.